The van der Waals surface area contributed by atoms with Crippen LogP contribution in [0.3, 0.4) is 0 Å². The molecule has 5 nitrogen and oxygen atoms in total. The van der Waals surface area contributed by atoms with Crippen molar-refractivity contribution in [2.75, 3.05) is 0 Å². The average Bonchev–Trinajstić information content (AvgIpc) is 2.77. The van der Waals surface area contributed by atoms with Gasteiger partial charge in [0.05, 0.1) is 11.9 Å². The van der Waals surface area contributed by atoms with E-state index in [2.05, 4.69) is 20.9 Å². The standard InChI is InChI=1S/C24H15BrN2O3/c25-17-12-10-16(11-13-17)22-26-23-20(21(28)18-8-4-5-9-19(18)30-23)24(29)27(22)14-15-6-2-1-3-7-15/h1-13H,14H2. The molecule has 0 atom stereocenters. The summed E-state index contributed by atoms with van der Waals surface area (Å²) in [6.07, 6.45) is 0. The summed E-state index contributed by atoms with van der Waals surface area (Å²) in [7, 11) is 0. The summed E-state index contributed by atoms with van der Waals surface area (Å²) in [6.45, 7) is 0.292. The number of para-hydroxylation sites is 1. The van der Waals surface area contributed by atoms with E-state index in [-0.39, 0.29) is 16.5 Å². The lowest BCUT2D eigenvalue weighted by atomic mass is 10.1. The fourth-order valence-corrected chi connectivity index (χ4v) is 3.78. The maximum atomic E-state index is 13.5. The second kappa shape index (κ2) is 7.39. The number of halogens is 1. The molecule has 0 saturated heterocycles. The predicted octanol–water partition coefficient (Wildman–Crippen LogP) is 4.98. The molecule has 146 valence electrons. The van der Waals surface area contributed by atoms with Gasteiger partial charge in [-0.25, -0.2) is 0 Å². The number of rotatable bonds is 3. The Morgan fingerprint density at radius 3 is 2.33 bits per heavy atom. The zero-order valence-corrected chi connectivity index (χ0v) is 17.3. The summed E-state index contributed by atoms with van der Waals surface area (Å²) >= 11 is 3.43. The lowest BCUT2D eigenvalue weighted by molar-refractivity contribution is 0.635. The van der Waals surface area contributed by atoms with Gasteiger partial charge in [0.15, 0.2) is 5.39 Å². The van der Waals surface area contributed by atoms with E-state index < -0.39 is 5.56 Å². The van der Waals surface area contributed by atoms with E-state index in [9.17, 15) is 9.59 Å². The van der Waals surface area contributed by atoms with Crippen molar-refractivity contribution in [2.45, 2.75) is 6.54 Å². The van der Waals surface area contributed by atoms with E-state index in [1.807, 2.05) is 54.6 Å². The molecule has 0 fully saturated rings. The van der Waals surface area contributed by atoms with E-state index >= 15 is 0 Å². The molecule has 0 aliphatic carbocycles. The van der Waals surface area contributed by atoms with Gasteiger partial charge in [-0.15, -0.1) is 0 Å². The third-order valence-electron chi connectivity index (χ3n) is 4.99. The van der Waals surface area contributed by atoms with E-state index in [0.717, 1.165) is 15.6 Å². The van der Waals surface area contributed by atoms with Gasteiger partial charge >= 0.3 is 0 Å². The first-order chi connectivity index (χ1) is 14.6. The van der Waals surface area contributed by atoms with Crippen LogP contribution in [-0.2, 0) is 6.54 Å². The van der Waals surface area contributed by atoms with Crippen molar-refractivity contribution in [2.24, 2.45) is 0 Å². The first kappa shape index (κ1) is 18.5. The minimum absolute atomic E-state index is 0.0366. The van der Waals surface area contributed by atoms with Gasteiger partial charge in [0.2, 0.25) is 11.1 Å². The molecule has 0 aliphatic heterocycles. The lowest BCUT2D eigenvalue weighted by Crippen LogP contribution is -2.28. The largest absolute Gasteiger partial charge is 0.437 e. The molecule has 0 unspecified atom stereocenters. The van der Waals surface area contributed by atoms with Crippen LogP contribution in [0.25, 0.3) is 33.5 Å². The zero-order valence-electron chi connectivity index (χ0n) is 15.7. The van der Waals surface area contributed by atoms with Gasteiger partial charge in [-0.1, -0.05) is 70.5 Å². The Hall–Kier alpha value is -3.51. The van der Waals surface area contributed by atoms with Gasteiger partial charge in [0.1, 0.15) is 11.4 Å². The number of nitrogens with zero attached hydrogens (tertiary/aromatic N) is 2. The smallest absolute Gasteiger partial charge is 0.269 e. The third-order valence-corrected chi connectivity index (χ3v) is 5.52. The maximum Gasteiger partial charge on any atom is 0.269 e. The van der Waals surface area contributed by atoms with Gasteiger partial charge in [-0.2, -0.15) is 4.98 Å². The fraction of sp³-hybridized carbons (Fsp3) is 0.0417. The molecular weight excluding hydrogens is 444 g/mol. The van der Waals surface area contributed by atoms with Crippen LogP contribution in [0.5, 0.6) is 0 Å². The van der Waals surface area contributed by atoms with E-state index in [0.29, 0.717) is 23.3 Å². The van der Waals surface area contributed by atoms with Crippen molar-refractivity contribution >= 4 is 38.0 Å². The summed E-state index contributed by atoms with van der Waals surface area (Å²) in [5.41, 5.74) is 1.36. The van der Waals surface area contributed by atoms with E-state index in [1.54, 1.807) is 24.3 Å². The minimum atomic E-state index is -0.415. The first-order valence-electron chi connectivity index (χ1n) is 9.38. The molecule has 2 aromatic heterocycles. The number of aromatic nitrogens is 2. The molecule has 0 bridgehead atoms. The first-order valence-corrected chi connectivity index (χ1v) is 10.2. The van der Waals surface area contributed by atoms with Crippen LogP contribution in [0.1, 0.15) is 5.56 Å². The second-order valence-electron chi connectivity index (χ2n) is 6.93. The maximum absolute atomic E-state index is 13.5. The highest BCUT2D eigenvalue weighted by Gasteiger charge is 2.19. The lowest BCUT2D eigenvalue weighted by Gasteiger charge is -2.14. The predicted molar refractivity (Wildman–Crippen MR) is 121 cm³/mol. The van der Waals surface area contributed by atoms with Gasteiger partial charge in [-0.3, -0.25) is 14.2 Å². The highest BCUT2D eigenvalue weighted by molar-refractivity contribution is 9.10. The highest BCUT2D eigenvalue weighted by Crippen LogP contribution is 2.23. The number of benzene rings is 3. The van der Waals surface area contributed by atoms with E-state index in [4.69, 9.17) is 4.42 Å². The fourth-order valence-electron chi connectivity index (χ4n) is 3.52. The Balaban J connectivity index is 1.86. The van der Waals surface area contributed by atoms with Crippen LogP contribution < -0.4 is 11.0 Å². The van der Waals surface area contributed by atoms with Crippen LogP contribution in [-0.4, -0.2) is 9.55 Å². The van der Waals surface area contributed by atoms with E-state index in [1.165, 1.54) is 4.57 Å². The Kier molecular flexibility index (Phi) is 4.56. The molecule has 3 aromatic carbocycles. The summed E-state index contributed by atoms with van der Waals surface area (Å²) in [4.78, 5) is 31.2. The molecule has 0 N–H and O–H groups in total. The van der Waals surface area contributed by atoms with Crippen molar-refractivity contribution < 1.29 is 4.42 Å². The van der Waals surface area contributed by atoms with Crippen molar-refractivity contribution in [3.8, 4) is 11.4 Å². The molecule has 0 radical (unpaired) electrons. The minimum Gasteiger partial charge on any atom is -0.437 e. The number of hydrogen-bond acceptors (Lipinski definition) is 4. The number of hydrogen-bond donors (Lipinski definition) is 0. The molecule has 0 aliphatic rings. The molecule has 0 spiro atoms. The highest BCUT2D eigenvalue weighted by atomic mass is 79.9. The molecule has 30 heavy (non-hydrogen) atoms. The van der Waals surface area contributed by atoms with Gasteiger partial charge in [-0.05, 0) is 29.8 Å². The average molecular weight is 459 g/mol. The molecular formula is C24H15BrN2O3. The van der Waals surface area contributed by atoms with Crippen molar-refractivity contribution in [3.05, 3.63) is 109 Å². The van der Waals surface area contributed by atoms with Crippen LogP contribution in [0.15, 0.2) is 97.3 Å². The summed E-state index contributed by atoms with van der Waals surface area (Å²) in [5.74, 6) is 0.447. The SMILES string of the molecule is O=c1c2ccccc2oc2nc(-c3ccc(Br)cc3)n(Cc3ccccc3)c(=O)c12. The quantitative estimate of drug-likeness (QED) is 0.357. The zero-order chi connectivity index (χ0) is 20.7. The summed E-state index contributed by atoms with van der Waals surface area (Å²) in [6, 6.07) is 24.0. The molecule has 5 rings (SSSR count). The molecule has 5 aromatic rings. The Morgan fingerprint density at radius 2 is 1.57 bits per heavy atom. The van der Waals surface area contributed by atoms with Crippen LogP contribution in [0, 0.1) is 0 Å². The third kappa shape index (κ3) is 3.15. The van der Waals surface area contributed by atoms with Crippen LogP contribution in [0.2, 0.25) is 0 Å². The molecule has 0 amide bonds. The molecule has 0 saturated carbocycles. The van der Waals surface area contributed by atoms with Crippen molar-refractivity contribution in [1.29, 1.82) is 0 Å². The summed E-state index contributed by atoms with van der Waals surface area (Å²) in [5, 5.41) is 0.331. The van der Waals surface area contributed by atoms with Crippen LogP contribution in [0.4, 0.5) is 0 Å². The van der Waals surface area contributed by atoms with Gasteiger partial charge in [0, 0.05) is 10.0 Å². The monoisotopic (exact) mass is 458 g/mol. The van der Waals surface area contributed by atoms with Gasteiger partial charge < -0.3 is 4.42 Å². The molecule has 2 heterocycles. The normalized spacial score (nSPS) is 11.2. The van der Waals surface area contributed by atoms with Crippen molar-refractivity contribution in [1.82, 2.24) is 9.55 Å². The topological polar surface area (TPSA) is 65.1 Å². The van der Waals surface area contributed by atoms with Crippen LogP contribution >= 0.6 is 15.9 Å². The Morgan fingerprint density at radius 1 is 0.867 bits per heavy atom. The number of fused-ring (bicyclic) bond motifs is 2. The van der Waals surface area contributed by atoms with Gasteiger partial charge in [0.25, 0.3) is 5.56 Å². The summed E-state index contributed by atoms with van der Waals surface area (Å²) < 4.78 is 8.32. The second-order valence-corrected chi connectivity index (χ2v) is 7.84. The van der Waals surface area contributed by atoms with Crippen molar-refractivity contribution in [3.63, 3.8) is 0 Å². The Bertz CT molecular complexity index is 1500. The molecule has 6 heteroatoms. The Labute approximate surface area is 179 Å².